The second-order valence-electron chi connectivity index (χ2n) is 3.39. The van der Waals surface area contributed by atoms with Crippen LogP contribution in [0.15, 0.2) is 30.7 Å². The molecule has 0 saturated carbocycles. The molecule has 0 fully saturated rings. The van der Waals surface area contributed by atoms with E-state index in [2.05, 4.69) is 15.3 Å². The van der Waals surface area contributed by atoms with Gasteiger partial charge in [0.05, 0.1) is 11.3 Å². The zero-order valence-corrected chi connectivity index (χ0v) is 9.46. The fourth-order valence-electron chi connectivity index (χ4n) is 1.31. The minimum atomic E-state index is -0.478. The Morgan fingerprint density at radius 1 is 1.53 bits per heavy atom. The number of nitrogens with zero attached hydrogens (tertiary/aromatic N) is 1. The van der Waals surface area contributed by atoms with E-state index in [9.17, 15) is 9.18 Å². The number of nitrogens with one attached hydrogen (secondary N) is 2. The van der Waals surface area contributed by atoms with Crippen molar-refractivity contribution in [1.82, 2.24) is 15.3 Å². The molecule has 2 aromatic rings. The maximum atomic E-state index is 12.9. The number of rotatable bonds is 3. The van der Waals surface area contributed by atoms with Crippen LogP contribution in [0.3, 0.4) is 0 Å². The summed E-state index contributed by atoms with van der Waals surface area (Å²) >= 11 is 5.62. The van der Waals surface area contributed by atoms with Crippen molar-refractivity contribution in [3.63, 3.8) is 0 Å². The molecular formula is C11H9ClFN3O. The number of carbonyl (C=O) groups excluding carboxylic acids is 1. The summed E-state index contributed by atoms with van der Waals surface area (Å²) in [7, 11) is 0. The summed E-state index contributed by atoms with van der Waals surface area (Å²) in [6, 6.07) is 4.30. The van der Waals surface area contributed by atoms with Crippen molar-refractivity contribution in [2.75, 3.05) is 0 Å². The molecule has 1 aromatic carbocycles. The Bertz CT molecular complexity index is 528. The third-order valence-corrected chi connectivity index (χ3v) is 2.46. The molecule has 1 amide bonds. The van der Waals surface area contributed by atoms with Gasteiger partial charge >= 0.3 is 0 Å². The number of aromatic nitrogens is 2. The molecule has 0 radical (unpaired) electrons. The molecule has 0 unspecified atom stereocenters. The van der Waals surface area contributed by atoms with Crippen LogP contribution >= 0.6 is 11.6 Å². The van der Waals surface area contributed by atoms with Gasteiger partial charge in [0.15, 0.2) is 0 Å². The molecule has 88 valence electrons. The lowest BCUT2D eigenvalue weighted by Gasteiger charge is -2.04. The molecular weight excluding hydrogens is 245 g/mol. The van der Waals surface area contributed by atoms with E-state index in [0.29, 0.717) is 5.69 Å². The minimum absolute atomic E-state index is 0.0384. The van der Waals surface area contributed by atoms with Crippen LogP contribution in [0.4, 0.5) is 4.39 Å². The zero-order valence-electron chi connectivity index (χ0n) is 8.71. The molecule has 0 bridgehead atoms. The van der Waals surface area contributed by atoms with Crippen LogP contribution < -0.4 is 5.32 Å². The minimum Gasteiger partial charge on any atom is -0.350 e. The van der Waals surface area contributed by atoms with Gasteiger partial charge in [-0.25, -0.2) is 9.37 Å². The summed E-state index contributed by atoms with van der Waals surface area (Å²) < 4.78 is 12.9. The Balaban J connectivity index is 1.98. The maximum absolute atomic E-state index is 12.9. The predicted octanol–water partition coefficient (Wildman–Crippen LogP) is 2.13. The maximum Gasteiger partial charge on any atom is 0.271 e. The first-order valence-electron chi connectivity index (χ1n) is 4.88. The van der Waals surface area contributed by atoms with Gasteiger partial charge in [-0.3, -0.25) is 4.79 Å². The number of hydrogen-bond donors (Lipinski definition) is 2. The van der Waals surface area contributed by atoms with Crippen LogP contribution in [0.2, 0.25) is 5.02 Å². The van der Waals surface area contributed by atoms with Crippen LogP contribution in [0.5, 0.6) is 0 Å². The number of benzene rings is 1. The van der Waals surface area contributed by atoms with Crippen molar-refractivity contribution in [3.8, 4) is 0 Å². The van der Waals surface area contributed by atoms with Crippen molar-refractivity contribution < 1.29 is 9.18 Å². The molecule has 0 aliphatic rings. The predicted molar refractivity (Wildman–Crippen MR) is 61.2 cm³/mol. The molecule has 0 atom stereocenters. The topological polar surface area (TPSA) is 57.8 Å². The molecule has 0 aliphatic heterocycles. The highest BCUT2D eigenvalue weighted by Gasteiger charge is 2.07. The number of carbonyl (C=O) groups is 1. The summed E-state index contributed by atoms with van der Waals surface area (Å²) in [5.41, 5.74) is 1.03. The third-order valence-electron chi connectivity index (χ3n) is 2.17. The first-order chi connectivity index (χ1) is 8.16. The molecule has 0 aliphatic carbocycles. The number of hydrogen-bond acceptors (Lipinski definition) is 2. The second kappa shape index (κ2) is 4.97. The third kappa shape index (κ3) is 2.82. The van der Waals surface area contributed by atoms with Gasteiger partial charge in [-0.2, -0.15) is 0 Å². The molecule has 4 nitrogen and oxygen atoms in total. The van der Waals surface area contributed by atoms with E-state index >= 15 is 0 Å². The highest BCUT2D eigenvalue weighted by atomic mass is 35.5. The van der Waals surface area contributed by atoms with Gasteiger partial charge in [-0.15, -0.1) is 0 Å². The average molecular weight is 254 g/mol. The Morgan fingerprint density at radius 2 is 2.35 bits per heavy atom. The standard InChI is InChI=1S/C11H9ClFN3O/c12-8-3-7(1-2-9(8)13)4-15-11(17)10-5-14-6-16-10/h1-3,5-6H,4H2,(H,14,16)(H,15,17). The summed E-state index contributed by atoms with van der Waals surface area (Å²) in [6.45, 7) is 0.270. The van der Waals surface area contributed by atoms with Gasteiger partial charge in [-0.1, -0.05) is 17.7 Å². The largest absolute Gasteiger partial charge is 0.350 e. The molecule has 0 saturated heterocycles. The van der Waals surface area contributed by atoms with Gasteiger partial charge in [0, 0.05) is 12.7 Å². The summed E-state index contributed by atoms with van der Waals surface area (Å²) in [5.74, 6) is -0.777. The number of amides is 1. The molecule has 1 heterocycles. The number of H-pyrrole nitrogens is 1. The van der Waals surface area contributed by atoms with Crippen LogP contribution in [0.25, 0.3) is 0 Å². The van der Waals surface area contributed by atoms with Gasteiger partial charge < -0.3 is 10.3 Å². The molecule has 1 aromatic heterocycles. The smallest absolute Gasteiger partial charge is 0.271 e. The molecule has 2 N–H and O–H groups in total. The Kier molecular flexibility index (Phi) is 3.39. The fourth-order valence-corrected chi connectivity index (χ4v) is 1.51. The van der Waals surface area contributed by atoms with Crippen LogP contribution in [-0.4, -0.2) is 15.9 Å². The Labute approximate surface area is 102 Å². The summed E-state index contributed by atoms with van der Waals surface area (Å²) in [4.78, 5) is 18.0. The van der Waals surface area contributed by atoms with Crippen molar-refractivity contribution >= 4 is 17.5 Å². The molecule has 6 heteroatoms. The van der Waals surface area contributed by atoms with Crippen molar-refractivity contribution in [3.05, 3.63) is 52.8 Å². The lowest BCUT2D eigenvalue weighted by Crippen LogP contribution is -2.23. The number of imidazole rings is 1. The normalized spacial score (nSPS) is 10.2. The van der Waals surface area contributed by atoms with Crippen molar-refractivity contribution in [1.29, 1.82) is 0 Å². The highest BCUT2D eigenvalue weighted by molar-refractivity contribution is 6.30. The van der Waals surface area contributed by atoms with Gasteiger partial charge in [0.25, 0.3) is 5.91 Å². The SMILES string of the molecule is O=C(NCc1ccc(F)c(Cl)c1)c1c[nH]cn1. The van der Waals surface area contributed by atoms with Crippen LogP contribution in [0, 0.1) is 5.82 Å². The van der Waals surface area contributed by atoms with E-state index in [-0.39, 0.29) is 17.5 Å². The Hall–Kier alpha value is -1.88. The number of halogens is 2. The fraction of sp³-hybridized carbons (Fsp3) is 0.0909. The monoisotopic (exact) mass is 253 g/mol. The van der Waals surface area contributed by atoms with Crippen LogP contribution in [-0.2, 0) is 6.54 Å². The van der Waals surface area contributed by atoms with E-state index < -0.39 is 5.82 Å². The Morgan fingerprint density at radius 3 is 3.00 bits per heavy atom. The summed E-state index contributed by atoms with van der Waals surface area (Å²) in [5, 5.41) is 2.68. The van der Waals surface area contributed by atoms with E-state index in [1.807, 2.05) is 0 Å². The zero-order chi connectivity index (χ0) is 12.3. The first kappa shape index (κ1) is 11.6. The van der Waals surface area contributed by atoms with E-state index in [1.165, 1.54) is 24.7 Å². The first-order valence-corrected chi connectivity index (χ1v) is 5.25. The lowest BCUT2D eigenvalue weighted by atomic mass is 10.2. The summed E-state index contributed by atoms with van der Waals surface area (Å²) in [6.07, 6.45) is 2.91. The molecule has 0 spiro atoms. The van der Waals surface area contributed by atoms with Gasteiger partial charge in [0.1, 0.15) is 11.5 Å². The van der Waals surface area contributed by atoms with E-state index in [1.54, 1.807) is 6.07 Å². The lowest BCUT2D eigenvalue weighted by molar-refractivity contribution is 0.0946. The van der Waals surface area contributed by atoms with Crippen molar-refractivity contribution in [2.24, 2.45) is 0 Å². The van der Waals surface area contributed by atoms with Crippen molar-refractivity contribution in [2.45, 2.75) is 6.54 Å². The highest BCUT2D eigenvalue weighted by Crippen LogP contribution is 2.15. The van der Waals surface area contributed by atoms with E-state index in [0.717, 1.165) is 5.56 Å². The second-order valence-corrected chi connectivity index (χ2v) is 3.79. The molecule has 17 heavy (non-hydrogen) atoms. The quantitative estimate of drug-likeness (QED) is 0.880. The van der Waals surface area contributed by atoms with Gasteiger partial charge in [0.2, 0.25) is 0 Å². The molecule has 2 rings (SSSR count). The van der Waals surface area contributed by atoms with Crippen LogP contribution in [0.1, 0.15) is 16.1 Å². The van der Waals surface area contributed by atoms with E-state index in [4.69, 9.17) is 11.6 Å². The average Bonchev–Trinajstić information content (AvgIpc) is 2.84. The van der Waals surface area contributed by atoms with Gasteiger partial charge in [-0.05, 0) is 17.7 Å². The number of aromatic amines is 1.